The van der Waals surface area contributed by atoms with E-state index in [4.69, 9.17) is 14.6 Å². The van der Waals surface area contributed by atoms with Gasteiger partial charge in [0.05, 0.1) is 18.7 Å². The molecule has 1 aliphatic heterocycles. The van der Waals surface area contributed by atoms with E-state index in [0.717, 1.165) is 41.3 Å². The Morgan fingerprint density at radius 3 is 2.58 bits per heavy atom. The number of nitrogens with one attached hydrogen (secondary N) is 1. The third-order valence-corrected chi connectivity index (χ3v) is 6.35. The molecule has 3 aromatic carbocycles. The lowest BCUT2D eigenvalue weighted by Gasteiger charge is -2.33. The number of benzene rings is 3. The molecule has 4 rings (SSSR count). The summed E-state index contributed by atoms with van der Waals surface area (Å²) in [6.07, 6.45) is 1.20. The van der Waals surface area contributed by atoms with Crippen molar-refractivity contribution in [3.63, 3.8) is 0 Å². The normalized spacial score (nSPS) is 14.5. The van der Waals surface area contributed by atoms with Gasteiger partial charge in [-0.3, -0.25) is 9.59 Å². The van der Waals surface area contributed by atoms with Gasteiger partial charge in [0.15, 0.2) is 0 Å². The molecule has 0 unspecified atom stereocenters. The minimum atomic E-state index is -0.913. The lowest BCUT2D eigenvalue weighted by Crippen LogP contribution is -2.41. The number of amides is 1. The van der Waals surface area contributed by atoms with Gasteiger partial charge in [0.25, 0.3) is 5.91 Å². The number of rotatable bonds is 9. The van der Waals surface area contributed by atoms with Crippen LogP contribution in [0.25, 0.3) is 0 Å². The molecule has 0 spiro atoms. The van der Waals surface area contributed by atoms with E-state index in [1.807, 2.05) is 44.3 Å². The number of nitrogens with zero attached hydrogens (tertiary/aromatic N) is 1. The van der Waals surface area contributed by atoms with Gasteiger partial charge in [-0.1, -0.05) is 38.1 Å². The van der Waals surface area contributed by atoms with Gasteiger partial charge in [-0.05, 0) is 65.9 Å². The molecule has 0 saturated carbocycles. The molecule has 7 nitrogen and oxygen atoms in total. The molecule has 188 valence electrons. The Morgan fingerprint density at radius 1 is 1.06 bits per heavy atom. The van der Waals surface area contributed by atoms with Crippen LogP contribution in [0.4, 0.5) is 11.4 Å². The van der Waals surface area contributed by atoms with Crippen molar-refractivity contribution in [3.8, 4) is 11.5 Å². The number of carboxylic acid groups (broad SMARTS) is 1. The van der Waals surface area contributed by atoms with Crippen molar-refractivity contribution >= 4 is 23.3 Å². The Labute approximate surface area is 211 Å². The Morgan fingerprint density at radius 2 is 1.83 bits per heavy atom. The highest BCUT2D eigenvalue weighted by molar-refractivity contribution is 6.05. The Hall–Kier alpha value is -4.00. The van der Waals surface area contributed by atoms with Gasteiger partial charge in [-0.2, -0.15) is 0 Å². The summed E-state index contributed by atoms with van der Waals surface area (Å²) >= 11 is 0. The van der Waals surface area contributed by atoms with Crippen LogP contribution < -0.4 is 19.7 Å². The Bertz CT molecular complexity index is 1260. The van der Waals surface area contributed by atoms with Gasteiger partial charge in [0.1, 0.15) is 24.2 Å². The highest BCUT2D eigenvalue weighted by Gasteiger charge is 2.24. The van der Waals surface area contributed by atoms with E-state index < -0.39 is 5.97 Å². The quantitative estimate of drug-likeness (QED) is 0.442. The maximum absolute atomic E-state index is 13.2. The van der Waals surface area contributed by atoms with Crippen LogP contribution in [-0.4, -0.2) is 43.3 Å². The maximum Gasteiger partial charge on any atom is 0.307 e. The molecule has 1 atom stereocenters. The molecule has 36 heavy (non-hydrogen) atoms. The molecular weight excluding hydrogens is 456 g/mol. The molecule has 1 heterocycles. The smallest absolute Gasteiger partial charge is 0.307 e. The van der Waals surface area contributed by atoms with Crippen LogP contribution in [0.2, 0.25) is 0 Å². The van der Waals surface area contributed by atoms with Gasteiger partial charge < -0.3 is 24.8 Å². The molecule has 0 fully saturated rings. The van der Waals surface area contributed by atoms with E-state index in [-0.39, 0.29) is 18.4 Å². The maximum atomic E-state index is 13.2. The first kappa shape index (κ1) is 25.1. The molecule has 0 radical (unpaired) electrons. The molecular formula is C29H32N2O5. The van der Waals surface area contributed by atoms with Gasteiger partial charge >= 0.3 is 5.97 Å². The average Bonchev–Trinajstić information content (AvgIpc) is 2.86. The zero-order chi connectivity index (χ0) is 25.7. The number of ether oxygens (including phenoxy) is 2. The summed E-state index contributed by atoms with van der Waals surface area (Å²) in [5, 5.41) is 12.0. The predicted molar refractivity (Wildman–Crippen MR) is 141 cm³/mol. The number of hydrogen-bond acceptors (Lipinski definition) is 5. The molecule has 1 aliphatic rings. The zero-order valence-electron chi connectivity index (χ0n) is 20.9. The minimum absolute atomic E-state index is 0.0952. The first-order chi connectivity index (χ1) is 17.4. The second kappa shape index (κ2) is 11.2. The number of carboxylic acids is 1. The SMILES string of the molecule is CCc1c(OC[C@@H]2CN(C)c3ccccc3O2)ccc(C(=O)Nc2cccc(CC(=O)O)c2)c1CC. The summed E-state index contributed by atoms with van der Waals surface area (Å²) < 4.78 is 12.4. The second-order valence-corrected chi connectivity index (χ2v) is 8.90. The summed E-state index contributed by atoms with van der Waals surface area (Å²) in [7, 11) is 2.05. The van der Waals surface area contributed by atoms with Crippen molar-refractivity contribution in [2.45, 2.75) is 39.2 Å². The standard InChI is InChI=1S/C29H32N2O5/c1-4-22-23(5-2)26(35-18-21-17-31(3)25-11-6-7-12-27(25)36-21)14-13-24(22)29(34)30-20-10-8-9-19(15-20)16-28(32)33/h6-15,21H,4-5,16-18H2,1-3H3,(H,30,34)(H,32,33)/t21-/m0/s1. The van der Waals surface area contributed by atoms with Gasteiger partial charge in [0.2, 0.25) is 0 Å². The number of para-hydroxylation sites is 2. The summed E-state index contributed by atoms with van der Waals surface area (Å²) in [6, 6.07) is 18.5. The van der Waals surface area contributed by atoms with Crippen molar-refractivity contribution < 1.29 is 24.2 Å². The largest absolute Gasteiger partial charge is 0.489 e. The molecule has 0 bridgehead atoms. The van der Waals surface area contributed by atoms with E-state index in [2.05, 4.69) is 17.1 Å². The first-order valence-corrected chi connectivity index (χ1v) is 12.3. The van der Waals surface area contributed by atoms with E-state index in [1.165, 1.54) is 0 Å². The van der Waals surface area contributed by atoms with Crippen LogP contribution in [0.3, 0.4) is 0 Å². The summed E-state index contributed by atoms with van der Waals surface area (Å²) in [6.45, 7) is 5.20. The minimum Gasteiger partial charge on any atom is -0.489 e. The summed E-state index contributed by atoms with van der Waals surface area (Å²) in [5.41, 5.74) is 4.81. The second-order valence-electron chi connectivity index (χ2n) is 8.90. The van der Waals surface area contributed by atoms with E-state index in [9.17, 15) is 9.59 Å². The predicted octanol–water partition coefficient (Wildman–Crippen LogP) is 4.97. The fourth-order valence-electron chi connectivity index (χ4n) is 4.71. The Balaban J connectivity index is 1.49. The van der Waals surface area contributed by atoms with Crippen molar-refractivity contribution in [2.24, 2.45) is 0 Å². The number of carbonyl (C=O) groups is 2. The number of anilines is 2. The highest BCUT2D eigenvalue weighted by atomic mass is 16.5. The fraction of sp³-hybridized carbons (Fsp3) is 0.310. The van der Waals surface area contributed by atoms with Crippen LogP contribution in [0.5, 0.6) is 11.5 Å². The molecule has 2 N–H and O–H groups in total. The molecule has 7 heteroatoms. The fourth-order valence-corrected chi connectivity index (χ4v) is 4.71. The number of carbonyl (C=O) groups excluding carboxylic acids is 1. The monoisotopic (exact) mass is 488 g/mol. The van der Waals surface area contributed by atoms with Gasteiger partial charge in [-0.15, -0.1) is 0 Å². The lowest BCUT2D eigenvalue weighted by molar-refractivity contribution is -0.136. The van der Waals surface area contributed by atoms with Gasteiger partial charge in [-0.25, -0.2) is 0 Å². The number of hydrogen-bond donors (Lipinski definition) is 2. The molecule has 0 aliphatic carbocycles. The molecule has 0 saturated heterocycles. The van der Waals surface area contributed by atoms with Crippen molar-refractivity contribution in [3.05, 3.63) is 82.9 Å². The third-order valence-electron chi connectivity index (χ3n) is 6.35. The van der Waals surface area contributed by atoms with Crippen LogP contribution in [0.15, 0.2) is 60.7 Å². The molecule has 1 amide bonds. The number of fused-ring (bicyclic) bond motifs is 1. The summed E-state index contributed by atoms with van der Waals surface area (Å²) in [5.74, 6) is 0.475. The van der Waals surface area contributed by atoms with Crippen LogP contribution in [0.1, 0.15) is 40.9 Å². The number of aliphatic carboxylic acids is 1. The molecule has 0 aromatic heterocycles. The van der Waals surface area contributed by atoms with Crippen molar-refractivity contribution in [2.75, 3.05) is 30.4 Å². The number of likely N-dealkylation sites (N-methyl/N-ethyl adjacent to an activating group) is 1. The highest BCUT2D eigenvalue weighted by Crippen LogP contribution is 2.33. The van der Waals surface area contributed by atoms with Crippen LogP contribution in [-0.2, 0) is 24.1 Å². The van der Waals surface area contributed by atoms with Crippen molar-refractivity contribution in [1.29, 1.82) is 0 Å². The van der Waals surface area contributed by atoms with E-state index in [0.29, 0.717) is 29.8 Å². The summed E-state index contributed by atoms with van der Waals surface area (Å²) in [4.78, 5) is 26.4. The van der Waals surface area contributed by atoms with Crippen LogP contribution >= 0.6 is 0 Å². The van der Waals surface area contributed by atoms with E-state index in [1.54, 1.807) is 30.3 Å². The lowest BCUT2D eigenvalue weighted by atomic mass is 9.95. The topological polar surface area (TPSA) is 88.1 Å². The van der Waals surface area contributed by atoms with Gasteiger partial charge in [0, 0.05) is 18.3 Å². The van der Waals surface area contributed by atoms with E-state index >= 15 is 0 Å². The Kier molecular flexibility index (Phi) is 7.78. The van der Waals surface area contributed by atoms with Crippen LogP contribution in [0, 0.1) is 0 Å². The molecule has 3 aromatic rings. The average molecular weight is 489 g/mol. The zero-order valence-corrected chi connectivity index (χ0v) is 20.9. The van der Waals surface area contributed by atoms with Crippen molar-refractivity contribution in [1.82, 2.24) is 0 Å². The third kappa shape index (κ3) is 5.62. The first-order valence-electron chi connectivity index (χ1n) is 12.3.